The lowest BCUT2D eigenvalue weighted by Gasteiger charge is -2.00. The molecule has 0 amide bonds. The third kappa shape index (κ3) is 1.49. The van der Waals surface area contributed by atoms with Crippen molar-refractivity contribution >= 4 is 27.0 Å². The second kappa shape index (κ2) is 2.96. The Morgan fingerprint density at radius 2 is 2.23 bits per heavy atom. The first-order valence-electron chi connectivity index (χ1n) is 3.83. The minimum absolute atomic E-state index is 0.101. The van der Waals surface area contributed by atoms with Gasteiger partial charge in [0.2, 0.25) is 5.56 Å². The van der Waals surface area contributed by atoms with Crippen LogP contribution in [0.5, 0.6) is 0 Å². The number of nitrogens with one attached hydrogen (secondary N) is 1. The SMILES string of the molecule is Cc1cc2[nH]c(=O)ccc2nc1Br. The van der Waals surface area contributed by atoms with Crippen molar-refractivity contribution in [3.05, 3.63) is 38.7 Å². The van der Waals surface area contributed by atoms with E-state index in [2.05, 4.69) is 25.9 Å². The van der Waals surface area contributed by atoms with Crippen LogP contribution in [0.15, 0.2) is 27.6 Å². The molecule has 0 fully saturated rings. The van der Waals surface area contributed by atoms with Gasteiger partial charge in [-0.15, -0.1) is 0 Å². The Morgan fingerprint density at radius 1 is 1.46 bits per heavy atom. The topological polar surface area (TPSA) is 45.8 Å². The molecule has 66 valence electrons. The number of hydrogen-bond donors (Lipinski definition) is 1. The van der Waals surface area contributed by atoms with E-state index in [0.717, 1.165) is 21.2 Å². The van der Waals surface area contributed by atoms with Crippen LogP contribution in [0.3, 0.4) is 0 Å². The average molecular weight is 239 g/mol. The van der Waals surface area contributed by atoms with Crippen LogP contribution in [0.25, 0.3) is 11.0 Å². The van der Waals surface area contributed by atoms with E-state index in [4.69, 9.17) is 0 Å². The van der Waals surface area contributed by atoms with E-state index in [1.807, 2.05) is 13.0 Å². The van der Waals surface area contributed by atoms with Crippen LogP contribution in [0.1, 0.15) is 5.56 Å². The second-order valence-electron chi connectivity index (χ2n) is 2.85. The molecule has 0 radical (unpaired) electrons. The minimum atomic E-state index is -0.101. The molecule has 0 aliphatic heterocycles. The Kier molecular flexibility index (Phi) is 1.92. The van der Waals surface area contributed by atoms with E-state index in [9.17, 15) is 4.79 Å². The quantitative estimate of drug-likeness (QED) is 0.714. The van der Waals surface area contributed by atoms with Crippen molar-refractivity contribution in [1.82, 2.24) is 9.97 Å². The molecule has 2 rings (SSSR count). The lowest BCUT2D eigenvalue weighted by atomic mass is 10.2. The molecule has 0 aliphatic carbocycles. The molecule has 2 heterocycles. The van der Waals surface area contributed by atoms with Gasteiger partial charge in [0.15, 0.2) is 0 Å². The molecule has 0 spiro atoms. The van der Waals surface area contributed by atoms with E-state index in [0.29, 0.717) is 0 Å². The monoisotopic (exact) mass is 238 g/mol. The van der Waals surface area contributed by atoms with Crippen molar-refractivity contribution < 1.29 is 0 Å². The number of nitrogens with zero attached hydrogens (tertiary/aromatic N) is 1. The predicted molar refractivity (Wildman–Crippen MR) is 54.8 cm³/mol. The number of halogens is 1. The maximum Gasteiger partial charge on any atom is 0.248 e. The van der Waals surface area contributed by atoms with E-state index >= 15 is 0 Å². The van der Waals surface area contributed by atoms with Crippen LogP contribution < -0.4 is 5.56 Å². The van der Waals surface area contributed by atoms with Gasteiger partial charge in [-0.2, -0.15) is 0 Å². The Bertz CT molecular complexity index is 518. The lowest BCUT2D eigenvalue weighted by molar-refractivity contribution is 1.22. The van der Waals surface area contributed by atoms with E-state index in [-0.39, 0.29) is 5.56 Å². The fraction of sp³-hybridized carbons (Fsp3) is 0.111. The van der Waals surface area contributed by atoms with Crippen molar-refractivity contribution in [3.63, 3.8) is 0 Å². The summed E-state index contributed by atoms with van der Waals surface area (Å²) in [6.45, 7) is 1.93. The van der Waals surface area contributed by atoms with Crippen LogP contribution in [0, 0.1) is 6.92 Å². The van der Waals surface area contributed by atoms with Crippen molar-refractivity contribution in [1.29, 1.82) is 0 Å². The largest absolute Gasteiger partial charge is 0.321 e. The number of H-pyrrole nitrogens is 1. The smallest absolute Gasteiger partial charge is 0.248 e. The van der Waals surface area contributed by atoms with Crippen molar-refractivity contribution in [2.24, 2.45) is 0 Å². The normalized spacial score (nSPS) is 10.6. The van der Waals surface area contributed by atoms with Crippen LogP contribution in [-0.2, 0) is 0 Å². The Morgan fingerprint density at radius 3 is 3.00 bits per heavy atom. The summed E-state index contributed by atoms with van der Waals surface area (Å²) >= 11 is 3.33. The number of aryl methyl sites for hydroxylation is 1. The fourth-order valence-electron chi connectivity index (χ4n) is 1.16. The first-order valence-corrected chi connectivity index (χ1v) is 4.62. The summed E-state index contributed by atoms with van der Waals surface area (Å²) in [5.41, 5.74) is 2.47. The first kappa shape index (κ1) is 8.44. The minimum Gasteiger partial charge on any atom is -0.321 e. The highest BCUT2D eigenvalue weighted by molar-refractivity contribution is 9.10. The Balaban J connectivity index is 2.89. The highest BCUT2D eigenvalue weighted by Crippen LogP contribution is 2.17. The fourth-order valence-corrected chi connectivity index (χ4v) is 1.47. The third-order valence-electron chi connectivity index (χ3n) is 1.83. The van der Waals surface area contributed by atoms with Crippen LogP contribution in [0.4, 0.5) is 0 Å². The molecule has 0 aromatic carbocycles. The molecular formula is C9H7BrN2O. The highest BCUT2D eigenvalue weighted by Gasteiger charge is 2.00. The van der Waals surface area contributed by atoms with Gasteiger partial charge < -0.3 is 4.98 Å². The number of pyridine rings is 2. The van der Waals surface area contributed by atoms with Crippen molar-refractivity contribution in [2.45, 2.75) is 6.92 Å². The molecule has 1 N–H and O–H groups in total. The van der Waals surface area contributed by atoms with Crippen LogP contribution in [0.2, 0.25) is 0 Å². The number of fused-ring (bicyclic) bond motifs is 1. The van der Waals surface area contributed by atoms with Crippen molar-refractivity contribution in [3.8, 4) is 0 Å². The van der Waals surface area contributed by atoms with Gasteiger partial charge >= 0.3 is 0 Å². The molecule has 2 aromatic rings. The van der Waals surface area contributed by atoms with E-state index < -0.39 is 0 Å². The van der Waals surface area contributed by atoms with Gasteiger partial charge in [0.25, 0.3) is 0 Å². The maximum atomic E-state index is 11.0. The molecule has 4 heteroatoms. The summed E-state index contributed by atoms with van der Waals surface area (Å²) in [6, 6.07) is 5.07. The number of hydrogen-bond acceptors (Lipinski definition) is 2. The molecule has 13 heavy (non-hydrogen) atoms. The van der Waals surface area contributed by atoms with Gasteiger partial charge in [-0.05, 0) is 40.5 Å². The maximum absolute atomic E-state index is 11.0. The Hall–Kier alpha value is -1.16. The number of aromatic amines is 1. The molecule has 0 atom stereocenters. The summed E-state index contributed by atoms with van der Waals surface area (Å²) in [5.74, 6) is 0. The number of rotatable bonds is 0. The van der Waals surface area contributed by atoms with Gasteiger partial charge in [-0.1, -0.05) is 0 Å². The summed E-state index contributed by atoms with van der Waals surface area (Å²) in [4.78, 5) is 18.0. The molecule has 2 aromatic heterocycles. The summed E-state index contributed by atoms with van der Waals surface area (Å²) in [7, 11) is 0. The first-order chi connectivity index (χ1) is 6.16. The predicted octanol–water partition coefficient (Wildman–Crippen LogP) is 1.99. The summed E-state index contributed by atoms with van der Waals surface area (Å²) < 4.78 is 0.812. The number of aromatic nitrogens is 2. The van der Waals surface area contributed by atoms with Gasteiger partial charge in [-0.3, -0.25) is 4.79 Å². The van der Waals surface area contributed by atoms with Crippen LogP contribution >= 0.6 is 15.9 Å². The molecule has 3 nitrogen and oxygen atoms in total. The van der Waals surface area contributed by atoms with Gasteiger partial charge in [0.05, 0.1) is 11.0 Å². The zero-order chi connectivity index (χ0) is 9.42. The van der Waals surface area contributed by atoms with Gasteiger partial charge in [0.1, 0.15) is 4.60 Å². The highest BCUT2D eigenvalue weighted by atomic mass is 79.9. The Labute approximate surface area is 82.9 Å². The molecular weight excluding hydrogens is 232 g/mol. The molecule has 0 saturated heterocycles. The van der Waals surface area contributed by atoms with Gasteiger partial charge in [-0.25, -0.2) is 4.98 Å². The molecule has 0 aliphatic rings. The summed E-state index contributed by atoms with van der Waals surface area (Å²) in [5, 5.41) is 0. The lowest BCUT2D eigenvalue weighted by Crippen LogP contribution is -2.03. The van der Waals surface area contributed by atoms with E-state index in [1.165, 1.54) is 6.07 Å². The molecule has 0 unspecified atom stereocenters. The van der Waals surface area contributed by atoms with Crippen molar-refractivity contribution in [2.75, 3.05) is 0 Å². The van der Waals surface area contributed by atoms with Crippen LogP contribution in [-0.4, -0.2) is 9.97 Å². The third-order valence-corrected chi connectivity index (χ3v) is 2.63. The van der Waals surface area contributed by atoms with E-state index in [1.54, 1.807) is 6.07 Å². The zero-order valence-corrected chi connectivity index (χ0v) is 8.55. The molecule has 0 saturated carbocycles. The standard InChI is InChI=1S/C9H7BrN2O/c1-5-4-7-6(12-9(5)10)2-3-8(13)11-7/h2-4H,1H3,(H,11,13). The molecule has 0 bridgehead atoms. The second-order valence-corrected chi connectivity index (χ2v) is 3.60. The zero-order valence-electron chi connectivity index (χ0n) is 6.97. The average Bonchev–Trinajstić information content (AvgIpc) is 2.08. The van der Waals surface area contributed by atoms with Gasteiger partial charge in [0, 0.05) is 6.07 Å². The summed E-state index contributed by atoms with van der Waals surface area (Å²) in [6.07, 6.45) is 0.